The second-order valence-electron chi connectivity index (χ2n) is 3.92. The van der Waals surface area contributed by atoms with E-state index in [2.05, 4.69) is 28.4 Å². The minimum absolute atomic E-state index is 0.320. The van der Waals surface area contributed by atoms with Crippen LogP contribution in [-0.4, -0.2) is 21.8 Å². The minimum Gasteiger partial charge on any atom is -0.313 e. The predicted molar refractivity (Wildman–Crippen MR) is 63.6 cm³/mol. The van der Waals surface area contributed by atoms with Gasteiger partial charge in [-0.25, -0.2) is 9.67 Å². The normalized spacial score (nSPS) is 12.7. The fraction of sp³-hybridized carbons (Fsp3) is 0.333. The van der Waals surface area contributed by atoms with Crippen LogP contribution in [0, 0.1) is 6.92 Å². The Bertz CT molecular complexity index is 458. The Kier molecular flexibility index (Phi) is 3.01. The number of rotatable bonds is 3. The van der Waals surface area contributed by atoms with Gasteiger partial charge in [-0.2, -0.15) is 5.10 Å². The molecule has 84 valence electrons. The van der Waals surface area contributed by atoms with E-state index < -0.39 is 0 Å². The van der Waals surface area contributed by atoms with Crippen molar-refractivity contribution in [1.29, 1.82) is 0 Å². The monoisotopic (exact) mass is 216 g/mol. The molecule has 2 aromatic heterocycles. The Balaban J connectivity index is 2.25. The second kappa shape index (κ2) is 4.45. The van der Waals surface area contributed by atoms with Gasteiger partial charge in [-0.1, -0.05) is 6.07 Å². The molecule has 1 N–H and O–H groups in total. The van der Waals surface area contributed by atoms with E-state index in [0.717, 1.165) is 11.4 Å². The number of nitrogens with zero attached hydrogens (tertiary/aromatic N) is 3. The fourth-order valence-electron chi connectivity index (χ4n) is 1.49. The number of aromatic nitrogens is 3. The van der Waals surface area contributed by atoms with Gasteiger partial charge >= 0.3 is 0 Å². The summed E-state index contributed by atoms with van der Waals surface area (Å²) in [6.45, 7) is 4.12. The summed E-state index contributed by atoms with van der Waals surface area (Å²) in [6, 6.07) is 4.37. The van der Waals surface area contributed by atoms with E-state index >= 15 is 0 Å². The van der Waals surface area contributed by atoms with Gasteiger partial charge in [-0.3, -0.25) is 0 Å². The van der Waals surface area contributed by atoms with Gasteiger partial charge in [0.05, 0.1) is 6.20 Å². The summed E-state index contributed by atoms with van der Waals surface area (Å²) in [4.78, 5) is 4.39. The average molecular weight is 216 g/mol. The van der Waals surface area contributed by atoms with Crippen LogP contribution in [0.1, 0.15) is 24.1 Å². The molecule has 2 heterocycles. The number of pyridine rings is 1. The van der Waals surface area contributed by atoms with Gasteiger partial charge in [0, 0.05) is 18.4 Å². The average Bonchev–Trinajstić information content (AvgIpc) is 2.75. The van der Waals surface area contributed by atoms with Crippen molar-refractivity contribution in [1.82, 2.24) is 20.1 Å². The molecule has 0 unspecified atom stereocenters. The third-order valence-electron chi connectivity index (χ3n) is 2.65. The summed E-state index contributed by atoms with van der Waals surface area (Å²) in [5.41, 5.74) is 2.31. The molecule has 0 fully saturated rings. The number of aryl methyl sites for hydroxylation is 1. The summed E-state index contributed by atoms with van der Waals surface area (Å²) in [5.74, 6) is 0.847. The number of hydrogen-bond acceptors (Lipinski definition) is 3. The summed E-state index contributed by atoms with van der Waals surface area (Å²) >= 11 is 0. The molecule has 1 atom stereocenters. The van der Waals surface area contributed by atoms with Gasteiger partial charge in [-0.15, -0.1) is 0 Å². The first-order valence-corrected chi connectivity index (χ1v) is 5.35. The summed E-state index contributed by atoms with van der Waals surface area (Å²) in [6.07, 6.45) is 5.67. The molecule has 0 spiro atoms. The minimum atomic E-state index is 0.320. The molecule has 4 heteroatoms. The molecule has 0 saturated carbocycles. The molecule has 0 amide bonds. The quantitative estimate of drug-likeness (QED) is 0.851. The van der Waals surface area contributed by atoms with Crippen molar-refractivity contribution >= 4 is 0 Å². The molecule has 0 aliphatic rings. The number of nitrogens with one attached hydrogen (secondary N) is 1. The summed E-state index contributed by atoms with van der Waals surface area (Å²) in [7, 11) is 1.94. The van der Waals surface area contributed by atoms with Crippen molar-refractivity contribution in [3.8, 4) is 5.82 Å². The molecule has 0 aliphatic heterocycles. The molecular weight excluding hydrogens is 200 g/mol. The highest BCUT2D eigenvalue weighted by molar-refractivity contribution is 5.26. The van der Waals surface area contributed by atoms with E-state index in [1.807, 2.05) is 38.6 Å². The molecule has 0 aromatic carbocycles. The Morgan fingerprint density at radius 1 is 1.31 bits per heavy atom. The molecule has 0 bridgehead atoms. The van der Waals surface area contributed by atoms with Crippen molar-refractivity contribution in [2.45, 2.75) is 19.9 Å². The van der Waals surface area contributed by atoms with Gasteiger partial charge in [0.15, 0.2) is 5.82 Å². The lowest BCUT2D eigenvalue weighted by molar-refractivity contribution is 0.648. The summed E-state index contributed by atoms with van der Waals surface area (Å²) < 4.78 is 1.78. The molecule has 0 radical (unpaired) electrons. The molecule has 0 aliphatic carbocycles. The lowest BCUT2D eigenvalue weighted by Gasteiger charge is -2.10. The molecule has 0 saturated heterocycles. The van der Waals surface area contributed by atoms with Crippen LogP contribution < -0.4 is 5.32 Å². The zero-order valence-corrected chi connectivity index (χ0v) is 9.81. The largest absolute Gasteiger partial charge is 0.313 e. The Hall–Kier alpha value is -1.68. The maximum absolute atomic E-state index is 4.39. The van der Waals surface area contributed by atoms with Crippen molar-refractivity contribution < 1.29 is 0 Å². The first-order chi connectivity index (χ1) is 7.70. The van der Waals surface area contributed by atoms with E-state index in [-0.39, 0.29) is 0 Å². The highest BCUT2D eigenvalue weighted by Crippen LogP contribution is 2.12. The van der Waals surface area contributed by atoms with Crippen molar-refractivity contribution in [3.63, 3.8) is 0 Å². The van der Waals surface area contributed by atoms with Crippen LogP contribution in [0.15, 0.2) is 30.7 Å². The summed E-state index contributed by atoms with van der Waals surface area (Å²) in [5, 5.41) is 7.40. The van der Waals surface area contributed by atoms with Crippen LogP contribution in [0.4, 0.5) is 0 Å². The van der Waals surface area contributed by atoms with Crippen LogP contribution in [0.25, 0.3) is 5.82 Å². The van der Waals surface area contributed by atoms with E-state index in [9.17, 15) is 0 Å². The number of hydrogen-bond donors (Lipinski definition) is 1. The molecule has 2 aromatic rings. The van der Waals surface area contributed by atoms with Gasteiger partial charge in [-0.05, 0) is 38.1 Å². The maximum atomic E-state index is 4.39. The lowest BCUT2D eigenvalue weighted by atomic mass is 10.1. The zero-order valence-electron chi connectivity index (χ0n) is 9.81. The van der Waals surface area contributed by atoms with Gasteiger partial charge in [0.2, 0.25) is 0 Å². The Morgan fingerprint density at radius 2 is 2.12 bits per heavy atom. The van der Waals surface area contributed by atoms with Crippen molar-refractivity contribution in [3.05, 3.63) is 41.9 Å². The van der Waals surface area contributed by atoms with Crippen LogP contribution in [0.5, 0.6) is 0 Å². The third-order valence-corrected chi connectivity index (χ3v) is 2.65. The van der Waals surface area contributed by atoms with Gasteiger partial charge in [0.25, 0.3) is 0 Å². The van der Waals surface area contributed by atoms with E-state index in [0.29, 0.717) is 6.04 Å². The highest BCUT2D eigenvalue weighted by atomic mass is 15.3. The highest BCUT2D eigenvalue weighted by Gasteiger charge is 2.04. The van der Waals surface area contributed by atoms with Gasteiger partial charge in [0.1, 0.15) is 0 Å². The van der Waals surface area contributed by atoms with Crippen LogP contribution in [0.3, 0.4) is 0 Å². The first kappa shape index (κ1) is 10.8. The van der Waals surface area contributed by atoms with Crippen LogP contribution in [-0.2, 0) is 0 Å². The predicted octanol–water partition coefficient (Wildman–Crippen LogP) is 1.86. The molecule has 4 nitrogen and oxygen atoms in total. The van der Waals surface area contributed by atoms with Gasteiger partial charge < -0.3 is 5.32 Å². The first-order valence-electron chi connectivity index (χ1n) is 5.35. The second-order valence-corrected chi connectivity index (χ2v) is 3.92. The lowest BCUT2D eigenvalue weighted by Crippen LogP contribution is -2.12. The van der Waals surface area contributed by atoms with Crippen LogP contribution >= 0.6 is 0 Å². The van der Waals surface area contributed by atoms with Crippen molar-refractivity contribution in [2.75, 3.05) is 7.05 Å². The molecule has 2 rings (SSSR count). The SMILES string of the molecule is CN[C@@H](C)c1ccc(-n2cc(C)cn2)nc1. The Morgan fingerprint density at radius 3 is 2.62 bits per heavy atom. The fourth-order valence-corrected chi connectivity index (χ4v) is 1.49. The molecule has 16 heavy (non-hydrogen) atoms. The zero-order chi connectivity index (χ0) is 11.5. The Labute approximate surface area is 95.3 Å². The third kappa shape index (κ3) is 2.12. The maximum Gasteiger partial charge on any atom is 0.153 e. The molecular formula is C12H16N4. The van der Waals surface area contributed by atoms with E-state index in [1.165, 1.54) is 5.56 Å². The van der Waals surface area contributed by atoms with E-state index in [4.69, 9.17) is 0 Å². The van der Waals surface area contributed by atoms with E-state index in [1.54, 1.807) is 4.68 Å². The van der Waals surface area contributed by atoms with Crippen LogP contribution in [0.2, 0.25) is 0 Å². The van der Waals surface area contributed by atoms with Crippen molar-refractivity contribution in [2.24, 2.45) is 0 Å². The smallest absolute Gasteiger partial charge is 0.153 e. The topological polar surface area (TPSA) is 42.7 Å². The standard InChI is InChI=1S/C12H16N4/c1-9-6-15-16(8-9)12-5-4-11(7-14-12)10(2)13-3/h4-8,10,13H,1-3H3/t10-/m0/s1.